The lowest BCUT2D eigenvalue weighted by atomic mass is 10.3. The molecule has 7 heteroatoms. The van der Waals surface area contributed by atoms with E-state index in [0.29, 0.717) is 10.2 Å². The van der Waals surface area contributed by atoms with E-state index in [0.717, 1.165) is 0 Å². The molecule has 0 saturated carbocycles. The summed E-state index contributed by atoms with van der Waals surface area (Å²) in [6.45, 7) is 0. The summed E-state index contributed by atoms with van der Waals surface area (Å²) in [4.78, 5) is 7.97. The molecule has 2 aromatic rings. The average molecular weight is 343 g/mol. The molecule has 0 amide bonds. The summed E-state index contributed by atoms with van der Waals surface area (Å²) >= 11 is 3.25. The molecule has 0 aliphatic rings. The van der Waals surface area contributed by atoms with Crippen molar-refractivity contribution >= 4 is 25.8 Å². The highest BCUT2D eigenvalue weighted by atomic mass is 79.9. The maximum Gasteiger partial charge on any atom is 0.189 e. The highest BCUT2D eigenvalue weighted by Gasteiger charge is 2.21. The Balaban J connectivity index is 2.42. The molecular formula is C12H11BrN2O3S. The number of nitrogens with zero attached hydrogens (tertiary/aromatic N) is 2. The quantitative estimate of drug-likeness (QED) is 0.851. The number of halogens is 1. The van der Waals surface area contributed by atoms with Crippen molar-refractivity contribution in [1.29, 1.82) is 0 Å². The molecule has 0 aliphatic carbocycles. The summed E-state index contributed by atoms with van der Waals surface area (Å²) < 4.78 is 30.5. The Morgan fingerprint density at radius 1 is 1.26 bits per heavy atom. The molecule has 0 atom stereocenters. The molecule has 2 rings (SSSR count). The van der Waals surface area contributed by atoms with Gasteiger partial charge in [0.1, 0.15) is 22.2 Å². The van der Waals surface area contributed by atoms with Gasteiger partial charge in [-0.2, -0.15) is 0 Å². The van der Waals surface area contributed by atoms with Crippen molar-refractivity contribution in [2.75, 3.05) is 7.11 Å². The van der Waals surface area contributed by atoms with Crippen molar-refractivity contribution in [1.82, 2.24) is 9.97 Å². The Kier molecular flexibility index (Phi) is 4.16. The van der Waals surface area contributed by atoms with E-state index in [-0.39, 0.29) is 16.5 Å². The number of aromatic nitrogens is 2. The van der Waals surface area contributed by atoms with Gasteiger partial charge in [-0.25, -0.2) is 18.4 Å². The highest BCUT2D eigenvalue weighted by molar-refractivity contribution is 9.10. The maximum atomic E-state index is 12.4. The number of rotatable bonds is 4. The zero-order chi connectivity index (χ0) is 13.9. The molecule has 1 aromatic heterocycles. The van der Waals surface area contributed by atoms with Crippen LogP contribution in [0.2, 0.25) is 0 Å². The lowest BCUT2D eigenvalue weighted by Crippen LogP contribution is -2.09. The monoisotopic (exact) mass is 342 g/mol. The molecule has 0 aliphatic heterocycles. The van der Waals surface area contributed by atoms with Crippen LogP contribution in [0, 0.1) is 0 Å². The first-order valence-corrected chi connectivity index (χ1v) is 7.79. The van der Waals surface area contributed by atoms with Crippen LogP contribution in [0.1, 0.15) is 5.82 Å². The van der Waals surface area contributed by atoms with Gasteiger partial charge in [0.15, 0.2) is 9.84 Å². The first-order chi connectivity index (χ1) is 9.03. The van der Waals surface area contributed by atoms with E-state index in [4.69, 9.17) is 4.74 Å². The van der Waals surface area contributed by atoms with Gasteiger partial charge in [-0.15, -0.1) is 0 Å². The van der Waals surface area contributed by atoms with E-state index in [1.165, 1.54) is 25.6 Å². The van der Waals surface area contributed by atoms with Gasteiger partial charge in [-0.1, -0.05) is 15.9 Å². The molecule has 0 radical (unpaired) electrons. The number of ether oxygens (including phenoxy) is 1. The Morgan fingerprint density at radius 3 is 2.58 bits per heavy atom. The van der Waals surface area contributed by atoms with Gasteiger partial charge in [0.2, 0.25) is 0 Å². The van der Waals surface area contributed by atoms with Gasteiger partial charge >= 0.3 is 0 Å². The topological polar surface area (TPSA) is 69.2 Å². The van der Waals surface area contributed by atoms with E-state index in [2.05, 4.69) is 25.9 Å². The van der Waals surface area contributed by atoms with E-state index < -0.39 is 9.84 Å². The minimum absolute atomic E-state index is 0.122. The van der Waals surface area contributed by atoms with Crippen LogP contribution in [-0.4, -0.2) is 25.5 Å². The molecule has 100 valence electrons. The second-order valence-corrected chi connectivity index (χ2v) is 6.59. The predicted molar refractivity (Wildman–Crippen MR) is 73.6 cm³/mol. The van der Waals surface area contributed by atoms with Gasteiger partial charge in [-0.3, -0.25) is 0 Å². The molecule has 19 heavy (non-hydrogen) atoms. The van der Waals surface area contributed by atoms with Crippen molar-refractivity contribution in [2.24, 2.45) is 0 Å². The second-order valence-electron chi connectivity index (χ2n) is 3.72. The average Bonchev–Trinajstić information content (AvgIpc) is 2.39. The Bertz CT molecular complexity index is 675. The number of methoxy groups -OCH3 is 1. The van der Waals surface area contributed by atoms with Crippen molar-refractivity contribution in [3.63, 3.8) is 0 Å². The zero-order valence-electron chi connectivity index (χ0n) is 10.1. The number of hydrogen-bond acceptors (Lipinski definition) is 5. The van der Waals surface area contributed by atoms with Crippen LogP contribution < -0.4 is 4.74 Å². The number of hydrogen-bond donors (Lipinski definition) is 0. The molecule has 1 heterocycles. The minimum atomic E-state index is -3.56. The molecule has 0 N–H and O–H groups in total. The van der Waals surface area contributed by atoms with E-state index in [9.17, 15) is 8.42 Å². The molecule has 0 unspecified atom stereocenters. The highest BCUT2D eigenvalue weighted by Crippen LogP contribution is 2.29. The van der Waals surface area contributed by atoms with Crippen LogP contribution in [0.3, 0.4) is 0 Å². The lowest BCUT2D eigenvalue weighted by molar-refractivity contribution is 0.402. The van der Waals surface area contributed by atoms with Gasteiger partial charge < -0.3 is 4.74 Å². The zero-order valence-corrected chi connectivity index (χ0v) is 12.5. The van der Waals surface area contributed by atoms with Crippen LogP contribution in [-0.2, 0) is 15.6 Å². The van der Waals surface area contributed by atoms with Gasteiger partial charge in [0.05, 0.1) is 7.11 Å². The van der Waals surface area contributed by atoms with Crippen molar-refractivity contribution in [3.05, 3.63) is 47.0 Å². The standard InChI is InChI=1S/C12H11BrN2O3S/c1-18-10-4-3-9(13)7-11(10)19(16,17)8-12-14-5-2-6-15-12/h2-7H,8H2,1H3. The Morgan fingerprint density at radius 2 is 1.95 bits per heavy atom. The summed E-state index contributed by atoms with van der Waals surface area (Å²) in [7, 11) is -2.13. The summed E-state index contributed by atoms with van der Waals surface area (Å²) in [5, 5.41) is 0. The predicted octanol–water partition coefficient (Wildman–Crippen LogP) is 2.22. The molecule has 0 spiro atoms. The molecular weight excluding hydrogens is 332 g/mol. The molecule has 1 aromatic carbocycles. The molecule has 0 bridgehead atoms. The Hall–Kier alpha value is -1.47. The first kappa shape index (κ1) is 14.0. The van der Waals surface area contributed by atoms with Crippen LogP contribution >= 0.6 is 15.9 Å². The third-order valence-corrected chi connectivity index (χ3v) is 4.52. The van der Waals surface area contributed by atoms with E-state index in [1.807, 2.05) is 0 Å². The lowest BCUT2D eigenvalue weighted by Gasteiger charge is -2.09. The summed E-state index contributed by atoms with van der Waals surface area (Å²) in [6, 6.07) is 6.46. The van der Waals surface area contributed by atoms with Gasteiger partial charge in [-0.05, 0) is 24.3 Å². The summed E-state index contributed by atoms with van der Waals surface area (Å²) in [5.74, 6) is 0.296. The maximum absolute atomic E-state index is 12.4. The first-order valence-electron chi connectivity index (χ1n) is 5.35. The molecule has 5 nitrogen and oxygen atoms in total. The van der Waals surface area contributed by atoms with Gasteiger partial charge in [0, 0.05) is 16.9 Å². The van der Waals surface area contributed by atoms with E-state index >= 15 is 0 Å². The summed E-state index contributed by atoms with van der Waals surface area (Å²) in [6.07, 6.45) is 3.02. The van der Waals surface area contributed by atoms with Crippen LogP contribution in [0.5, 0.6) is 5.75 Å². The second kappa shape index (κ2) is 5.66. The van der Waals surface area contributed by atoms with Crippen molar-refractivity contribution in [3.8, 4) is 5.75 Å². The molecule has 0 fully saturated rings. The molecule has 0 saturated heterocycles. The summed E-state index contributed by atoms with van der Waals surface area (Å²) in [5.41, 5.74) is 0. The fourth-order valence-electron chi connectivity index (χ4n) is 1.55. The van der Waals surface area contributed by atoms with Gasteiger partial charge in [0.25, 0.3) is 0 Å². The Labute approximate surface area is 119 Å². The third-order valence-electron chi connectivity index (χ3n) is 2.40. The minimum Gasteiger partial charge on any atom is -0.495 e. The number of benzene rings is 1. The number of sulfone groups is 1. The third kappa shape index (κ3) is 3.30. The van der Waals surface area contributed by atoms with E-state index in [1.54, 1.807) is 18.2 Å². The SMILES string of the molecule is COc1ccc(Br)cc1S(=O)(=O)Cc1ncccn1. The fraction of sp³-hybridized carbons (Fsp3) is 0.167. The fourth-order valence-corrected chi connectivity index (χ4v) is 3.47. The van der Waals surface area contributed by atoms with Crippen LogP contribution in [0.15, 0.2) is 46.0 Å². The van der Waals surface area contributed by atoms with Crippen molar-refractivity contribution in [2.45, 2.75) is 10.6 Å². The van der Waals surface area contributed by atoms with Crippen molar-refractivity contribution < 1.29 is 13.2 Å². The van der Waals surface area contributed by atoms with Crippen LogP contribution in [0.25, 0.3) is 0 Å². The smallest absolute Gasteiger partial charge is 0.189 e. The van der Waals surface area contributed by atoms with Crippen LogP contribution in [0.4, 0.5) is 0 Å². The normalized spacial score (nSPS) is 11.3. The largest absolute Gasteiger partial charge is 0.495 e.